The van der Waals surface area contributed by atoms with Crippen LogP contribution in [0.15, 0.2) is 24.5 Å². The van der Waals surface area contributed by atoms with Crippen molar-refractivity contribution in [2.24, 2.45) is 0 Å². The van der Waals surface area contributed by atoms with Crippen molar-refractivity contribution in [3.63, 3.8) is 0 Å². The summed E-state index contributed by atoms with van der Waals surface area (Å²) in [5.41, 5.74) is 2.24. The number of nitrogens with zero attached hydrogens (tertiary/aromatic N) is 4. The van der Waals surface area contributed by atoms with Crippen LogP contribution in [0.1, 0.15) is 11.3 Å². The van der Waals surface area contributed by atoms with E-state index in [2.05, 4.69) is 31.8 Å². The quantitative estimate of drug-likeness (QED) is 0.872. The molecular weight excluding hydrogens is 234 g/mol. The molecule has 0 atom stereocenters. The van der Waals surface area contributed by atoms with Crippen molar-refractivity contribution in [3.8, 4) is 0 Å². The second kappa shape index (κ2) is 5.70. The number of rotatable bonds is 5. The lowest BCUT2D eigenvalue weighted by Gasteiger charge is -2.15. The van der Waals surface area contributed by atoms with Crippen molar-refractivity contribution in [2.45, 2.75) is 13.1 Å². The third kappa shape index (κ3) is 3.21. The summed E-state index contributed by atoms with van der Waals surface area (Å²) in [5, 5.41) is 8.26. The van der Waals surface area contributed by atoms with Crippen LogP contribution in [0, 0.1) is 0 Å². The molecule has 5 nitrogen and oxygen atoms in total. The van der Waals surface area contributed by atoms with Crippen LogP contribution in [0.3, 0.4) is 0 Å². The van der Waals surface area contributed by atoms with Gasteiger partial charge < -0.3 is 5.32 Å². The Hall–Kier alpha value is -1.53. The summed E-state index contributed by atoms with van der Waals surface area (Å²) in [6, 6.07) is 4.05. The molecule has 0 aliphatic carbocycles. The molecule has 6 heteroatoms. The third-order valence-corrected chi connectivity index (χ3v) is 3.19. The number of nitrogens with one attached hydrogen (secondary N) is 1. The lowest BCUT2D eigenvalue weighted by Crippen LogP contribution is -2.18. The summed E-state index contributed by atoms with van der Waals surface area (Å²) in [6.07, 6.45) is 3.62. The molecule has 0 unspecified atom stereocenters. The number of anilines is 1. The zero-order valence-corrected chi connectivity index (χ0v) is 10.7. The number of aromatic nitrogens is 3. The van der Waals surface area contributed by atoms with E-state index in [1.54, 1.807) is 0 Å². The van der Waals surface area contributed by atoms with Crippen molar-refractivity contribution in [1.29, 1.82) is 0 Å². The molecule has 2 aromatic rings. The van der Waals surface area contributed by atoms with Crippen LogP contribution in [0.2, 0.25) is 0 Å². The van der Waals surface area contributed by atoms with E-state index in [-0.39, 0.29) is 0 Å². The lowest BCUT2D eigenvalue weighted by atomic mass is 10.2. The highest BCUT2D eigenvalue weighted by molar-refractivity contribution is 7.10. The Morgan fingerprint density at radius 3 is 2.76 bits per heavy atom. The molecular formula is C11H15N5S. The SMILES string of the molecule is CNc1snnc1CN(C)Cc1ccncc1. The molecule has 90 valence electrons. The van der Waals surface area contributed by atoms with E-state index < -0.39 is 0 Å². The van der Waals surface area contributed by atoms with Gasteiger partial charge in [0.1, 0.15) is 10.7 Å². The van der Waals surface area contributed by atoms with Crippen molar-refractivity contribution in [1.82, 2.24) is 19.5 Å². The minimum Gasteiger partial charge on any atom is -0.377 e. The van der Waals surface area contributed by atoms with Gasteiger partial charge >= 0.3 is 0 Å². The predicted molar refractivity (Wildman–Crippen MR) is 68.9 cm³/mol. The molecule has 0 aromatic carbocycles. The van der Waals surface area contributed by atoms with Crippen LogP contribution in [0.25, 0.3) is 0 Å². The topological polar surface area (TPSA) is 53.9 Å². The van der Waals surface area contributed by atoms with Crippen LogP contribution >= 0.6 is 11.5 Å². The summed E-state index contributed by atoms with van der Waals surface area (Å²) in [5.74, 6) is 0. The molecule has 2 heterocycles. The second-order valence-electron chi connectivity index (χ2n) is 3.83. The highest BCUT2D eigenvalue weighted by Crippen LogP contribution is 2.18. The Kier molecular flexibility index (Phi) is 4.00. The van der Waals surface area contributed by atoms with Gasteiger partial charge in [0.2, 0.25) is 0 Å². The maximum atomic E-state index is 4.12. The largest absolute Gasteiger partial charge is 0.377 e. The van der Waals surface area contributed by atoms with Crippen LogP contribution in [0.5, 0.6) is 0 Å². The summed E-state index contributed by atoms with van der Waals surface area (Å²) >= 11 is 1.39. The maximum absolute atomic E-state index is 4.12. The molecule has 0 fully saturated rings. The normalized spacial score (nSPS) is 10.8. The Bertz CT molecular complexity index is 456. The van der Waals surface area contributed by atoms with Crippen LogP contribution < -0.4 is 5.32 Å². The van der Waals surface area contributed by atoms with Gasteiger partial charge in [-0.25, -0.2) is 0 Å². The summed E-state index contributed by atoms with van der Waals surface area (Å²) in [4.78, 5) is 6.21. The minimum absolute atomic E-state index is 0.787. The van der Waals surface area contributed by atoms with E-state index in [0.29, 0.717) is 0 Å². The molecule has 0 saturated carbocycles. The first kappa shape index (κ1) is 11.9. The monoisotopic (exact) mass is 249 g/mol. The van der Waals surface area contributed by atoms with E-state index in [1.165, 1.54) is 17.1 Å². The fourth-order valence-electron chi connectivity index (χ4n) is 1.61. The van der Waals surface area contributed by atoms with Gasteiger partial charge in [-0.05, 0) is 24.7 Å². The van der Waals surface area contributed by atoms with Crippen LogP contribution in [-0.2, 0) is 13.1 Å². The molecule has 17 heavy (non-hydrogen) atoms. The van der Waals surface area contributed by atoms with Gasteiger partial charge in [0, 0.05) is 44.1 Å². The summed E-state index contributed by atoms with van der Waals surface area (Å²) in [7, 11) is 3.96. The van der Waals surface area contributed by atoms with E-state index in [1.807, 2.05) is 31.6 Å². The number of hydrogen-bond donors (Lipinski definition) is 1. The zero-order chi connectivity index (χ0) is 12.1. The first-order valence-corrected chi connectivity index (χ1v) is 6.13. The molecule has 0 radical (unpaired) electrons. The molecule has 2 aromatic heterocycles. The van der Waals surface area contributed by atoms with Crippen molar-refractivity contribution < 1.29 is 0 Å². The Labute approximate surface area is 105 Å². The average Bonchev–Trinajstić information content (AvgIpc) is 2.77. The molecule has 0 saturated heterocycles. The van der Waals surface area contributed by atoms with Gasteiger partial charge in [0.05, 0.1) is 0 Å². The van der Waals surface area contributed by atoms with Crippen LogP contribution in [-0.4, -0.2) is 33.6 Å². The van der Waals surface area contributed by atoms with Crippen LogP contribution in [0.4, 0.5) is 5.00 Å². The molecule has 1 N–H and O–H groups in total. The summed E-state index contributed by atoms with van der Waals surface area (Å²) in [6.45, 7) is 1.66. The lowest BCUT2D eigenvalue weighted by molar-refractivity contribution is 0.315. The minimum atomic E-state index is 0.787. The fraction of sp³-hybridized carbons (Fsp3) is 0.364. The average molecular weight is 249 g/mol. The molecule has 2 rings (SSSR count). The first-order valence-electron chi connectivity index (χ1n) is 5.36. The van der Waals surface area contributed by atoms with Crippen molar-refractivity contribution >= 4 is 16.5 Å². The Morgan fingerprint density at radius 1 is 1.29 bits per heavy atom. The second-order valence-corrected chi connectivity index (χ2v) is 4.58. The molecule has 0 spiro atoms. The van der Waals surface area contributed by atoms with E-state index >= 15 is 0 Å². The van der Waals surface area contributed by atoms with E-state index in [4.69, 9.17) is 0 Å². The van der Waals surface area contributed by atoms with Gasteiger partial charge in [0.25, 0.3) is 0 Å². The molecule has 0 aliphatic rings. The van der Waals surface area contributed by atoms with Gasteiger partial charge in [-0.2, -0.15) is 0 Å². The van der Waals surface area contributed by atoms with Gasteiger partial charge in [-0.3, -0.25) is 9.88 Å². The van der Waals surface area contributed by atoms with E-state index in [0.717, 1.165) is 23.8 Å². The Balaban J connectivity index is 1.96. The predicted octanol–water partition coefficient (Wildman–Crippen LogP) is 1.61. The smallest absolute Gasteiger partial charge is 0.134 e. The van der Waals surface area contributed by atoms with Gasteiger partial charge in [-0.1, -0.05) is 4.49 Å². The van der Waals surface area contributed by atoms with Gasteiger partial charge in [-0.15, -0.1) is 5.10 Å². The zero-order valence-electron chi connectivity index (χ0n) is 9.92. The number of pyridine rings is 1. The highest BCUT2D eigenvalue weighted by Gasteiger charge is 2.09. The molecule has 0 aliphatic heterocycles. The molecule has 0 amide bonds. The first-order chi connectivity index (χ1) is 8.29. The Morgan fingerprint density at radius 2 is 2.06 bits per heavy atom. The maximum Gasteiger partial charge on any atom is 0.134 e. The van der Waals surface area contributed by atoms with E-state index in [9.17, 15) is 0 Å². The third-order valence-electron chi connectivity index (χ3n) is 2.40. The van der Waals surface area contributed by atoms with Crippen molar-refractivity contribution in [3.05, 3.63) is 35.8 Å². The molecule has 0 bridgehead atoms. The highest BCUT2D eigenvalue weighted by atomic mass is 32.1. The van der Waals surface area contributed by atoms with Crippen molar-refractivity contribution in [2.75, 3.05) is 19.4 Å². The van der Waals surface area contributed by atoms with Gasteiger partial charge in [0.15, 0.2) is 0 Å². The summed E-state index contributed by atoms with van der Waals surface area (Å²) < 4.78 is 3.95. The standard InChI is InChI=1S/C11H15N5S/c1-12-11-10(14-15-17-11)8-16(2)7-9-3-5-13-6-4-9/h3-6,12H,7-8H2,1-2H3. The number of hydrogen-bond acceptors (Lipinski definition) is 6. The fourth-order valence-corrected chi connectivity index (χ4v) is 2.14.